The third-order valence-electron chi connectivity index (χ3n) is 5.37. The van der Waals surface area contributed by atoms with Crippen molar-refractivity contribution in [2.45, 2.75) is 19.3 Å². The van der Waals surface area contributed by atoms with Crippen molar-refractivity contribution < 1.29 is 9.59 Å². The smallest absolute Gasteiger partial charge is 0.247 e. The second-order valence-electron chi connectivity index (χ2n) is 5.76. The molecule has 0 spiro atoms. The number of nitrogens with zero attached hydrogens (tertiary/aromatic N) is 1. The lowest BCUT2D eigenvalue weighted by Crippen LogP contribution is -2.43. The first-order valence-corrected chi connectivity index (χ1v) is 6.29. The molecule has 86 valence electrons. The molecule has 0 aromatic heterocycles. The van der Waals surface area contributed by atoms with Gasteiger partial charge in [0.15, 0.2) is 0 Å². The normalized spacial score (nSPS) is 52.9. The minimum Gasteiger partial charge on any atom is -0.273 e. The molecule has 1 aliphatic heterocycles. The van der Waals surface area contributed by atoms with Crippen LogP contribution >= 0.6 is 0 Å². The Morgan fingerprint density at radius 3 is 1.94 bits per heavy atom. The molecule has 5 aliphatic rings. The van der Waals surface area contributed by atoms with Gasteiger partial charge in [0.05, 0.1) is 11.8 Å². The van der Waals surface area contributed by atoms with Crippen LogP contribution in [-0.2, 0) is 9.59 Å². The lowest BCUT2D eigenvalue weighted by molar-refractivity contribution is -0.143. The summed E-state index contributed by atoms with van der Waals surface area (Å²) in [4.78, 5) is 24.4. The molecule has 5 fully saturated rings. The summed E-state index contributed by atoms with van der Waals surface area (Å²) in [6.45, 7) is 0. The molecule has 4 heteroatoms. The average Bonchev–Trinajstić information content (AvgIpc) is 3.05. The van der Waals surface area contributed by atoms with E-state index in [2.05, 4.69) is 5.43 Å². The van der Waals surface area contributed by atoms with Gasteiger partial charge in [-0.2, -0.15) is 0 Å². The zero-order valence-electron chi connectivity index (χ0n) is 9.35. The van der Waals surface area contributed by atoms with Gasteiger partial charge in [-0.1, -0.05) is 0 Å². The van der Waals surface area contributed by atoms with Crippen LogP contribution in [0.4, 0.5) is 0 Å². The van der Waals surface area contributed by atoms with Crippen LogP contribution in [0.15, 0.2) is 0 Å². The van der Waals surface area contributed by atoms with Gasteiger partial charge in [0.2, 0.25) is 11.8 Å². The summed E-state index contributed by atoms with van der Waals surface area (Å²) >= 11 is 0. The van der Waals surface area contributed by atoms with Crippen molar-refractivity contribution in [1.29, 1.82) is 0 Å². The van der Waals surface area contributed by atoms with Gasteiger partial charge in [-0.05, 0) is 42.9 Å². The predicted octanol–water partition coefficient (Wildman–Crippen LogP) is 0.398. The van der Waals surface area contributed by atoms with Crippen LogP contribution in [0, 0.1) is 35.5 Å². The van der Waals surface area contributed by atoms with Gasteiger partial charge in [-0.3, -0.25) is 9.59 Å². The molecule has 4 aliphatic carbocycles. The fraction of sp³-hybridized carbons (Fsp3) is 0.833. The molecule has 1 saturated heterocycles. The van der Waals surface area contributed by atoms with Crippen LogP contribution in [-0.4, -0.2) is 23.9 Å². The largest absolute Gasteiger partial charge is 0.273 e. The van der Waals surface area contributed by atoms with Gasteiger partial charge in [-0.15, -0.1) is 0 Å². The van der Waals surface area contributed by atoms with Gasteiger partial charge in [0.1, 0.15) is 0 Å². The zero-order chi connectivity index (χ0) is 11.0. The van der Waals surface area contributed by atoms with E-state index in [4.69, 9.17) is 0 Å². The van der Waals surface area contributed by atoms with E-state index >= 15 is 0 Å². The standard InChI is InChI=1S/C12H16N2O2/c1-13-14-11(15)9-5-2-3-6(8-4-7(5)8)10(9)12(14)16/h5-10,13H,2-4H2,1H3/t5?,6?,7-,8+,9+,10-. The fourth-order valence-electron chi connectivity index (χ4n) is 4.76. The number of nitrogens with one attached hydrogen (secondary N) is 1. The summed E-state index contributed by atoms with van der Waals surface area (Å²) in [7, 11) is 1.66. The van der Waals surface area contributed by atoms with E-state index in [-0.39, 0.29) is 23.7 Å². The van der Waals surface area contributed by atoms with E-state index in [1.165, 1.54) is 24.3 Å². The number of fused-ring (bicyclic) bond motifs is 1. The fourth-order valence-corrected chi connectivity index (χ4v) is 4.76. The summed E-state index contributed by atoms with van der Waals surface area (Å²) in [5.74, 6) is 2.67. The monoisotopic (exact) mass is 220 g/mol. The molecule has 4 nitrogen and oxygen atoms in total. The SMILES string of the molecule is CNN1C(=O)[C@@H]2C3CCC([C@H]4C[C@@H]34)[C@@H]2C1=O. The molecule has 0 aromatic rings. The quantitative estimate of drug-likeness (QED) is 0.651. The van der Waals surface area contributed by atoms with E-state index in [0.29, 0.717) is 11.8 Å². The van der Waals surface area contributed by atoms with Gasteiger partial charge in [0.25, 0.3) is 0 Å². The van der Waals surface area contributed by atoms with Crippen molar-refractivity contribution >= 4 is 11.8 Å². The summed E-state index contributed by atoms with van der Waals surface area (Å²) in [6, 6.07) is 0. The van der Waals surface area contributed by atoms with E-state index in [9.17, 15) is 9.59 Å². The summed E-state index contributed by atoms with van der Waals surface area (Å²) in [5, 5.41) is 1.27. The Morgan fingerprint density at radius 1 is 1.00 bits per heavy atom. The maximum Gasteiger partial charge on any atom is 0.247 e. The third kappa shape index (κ3) is 0.829. The summed E-state index contributed by atoms with van der Waals surface area (Å²) in [6.07, 6.45) is 3.62. The second-order valence-corrected chi connectivity index (χ2v) is 5.76. The van der Waals surface area contributed by atoms with Crippen LogP contribution in [0.3, 0.4) is 0 Å². The van der Waals surface area contributed by atoms with Crippen molar-refractivity contribution in [2.75, 3.05) is 7.05 Å². The highest BCUT2D eigenvalue weighted by atomic mass is 16.2. The van der Waals surface area contributed by atoms with Crippen molar-refractivity contribution in [3.8, 4) is 0 Å². The zero-order valence-corrected chi connectivity index (χ0v) is 9.35. The lowest BCUT2D eigenvalue weighted by Gasteiger charge is -2.42. The van der Waals surface area contributed by atoms with Crippen LogP contribution in [0.2, 0.25) is 0 Å². The van der Waals surface area contributed by atoms with Crippen molar-refractivity contribution in [2.24, 2.45) is 35.5 Å². The van der Waals surface area contributed by atoms with Crippen molar-refractivity contribution in [3.05, 3.63) is 0 Å². The van der Waals surface area contributed by atoms with Gasteiger partial charge in [0, 0.05) is 7.05 Å². The molecule has 2 bridgehead atoms. The molecule has 16 heavy (non-hydrogen) atoms. The number of carbonyl (C=O) groups is 2. The van der Waals surface area contributed by atoms with E-state index in [1.807, 2.05) is 0 Å². The Balaban J connectivity index is 1.78. The second kappa shape index (κ2) is 2.67. The molecule has 0 radical (unpaired) electrons. The topological polar surface area (TPSA) is 49.4 Å². The number of amides is 2. The van der Waals surface area contributed by atoms with Crippen LogP contribution in [0.1, 0.15) is 19.3 Å². The summed E-state index contributed by atoms with van der Waals surface area (Å²) < 4.78 is 0. The number of rotatable bonds is 1. The third-order valence-corrected chi connectivity index (χ3v) is 5.37. The van der Waals surface area contributed by atoms with Crippen LogP contribution in [0.5, 0.6) is 0 Å². The average molecular weight is 220 g/mol. The molecule has 2 unspecified atom stereocenters. The molecular formula is C12H16N2O2. The van der Waals surface area contributed by atoms with Gasteiger partial charge < -0.3 is 0 Å². The molecule has 1 heterocycles. The van der Waals surface area contributed by atoms with Crippen LogP contribution in [0.25, 0.3) is 0 Å². The van der Waals surface area contributed by atoms with Gasteiger partial charge >= 0.3 is 0 Å². The number of imide groups is 1. The minimum absolute atomic E-state index is 0.0162. The first kappa shape index (κ1) is 9.16. The first-order chi connectivity index (χ1) is 7.74. The Morgan fingerprint density at radius 2 is 1.50 bits per heavy atom. The number of carbonyl (C=O) groups excluding carboxylic acids is 2. The predicted molar refractivity (Wildman–Crippen MR) is 55.7 cm³/mol. The van der Waals surface area contributed by atoms with E-state index in [0.717, 1.165) is 11.8 Å². The minimum atomic E-state index is 0.0162. The maximum absolute atomic E-state index is 12.2. The molecular weight excluding hydrogens is 204 g/mol. The van der Waals surface area contributed by atoms with Crippen molar-refractivity contribution in [3.63, 3.8) is 0 Å². The number of hydrazine groups is 1. The molecule has 1 N–H and O–H groups in total. The summed E-state index contributed by atoms with van der Waals surface area (Å²) in [5.41, 5.74) is 2.75. The molecule has 2 amide bonds. The van der Waals surface area contributed by atoms with Crippen LogP contribution < -0.4 is 5.43 Å². The lowest BCUT2D eigenvalue weighted by atomic mass is 9.59. The number of hydrogen-bond acceptors (Lipinski definition) is 3. The number of hydrogen-bond donors (Lipinski definition) is 1. The Labute approximate surface area is 94.3 Å². The van der Waals surface area contributed by atoms with Gasteiger partial charge in [-0.25, -0.2) is 10.4 Å². The molecule has 5 rings (SSSR count). The highest BCUT2D eigenvalue weighted by Crippen LogP contribution is 2.67. The van der Waals surface area contributed by atoms with E-state index < -0.39 is 0 Å². The Kier molecular flexibility index (Phi) is 1.53. The highest BCUT2D eigenvalue weighted by Gasteiger charge is 2.68. The first-order valence-electron chi connectivity index (χ1n) is 6.29. The Bertz CT molecular complexity index is 360. The molecule has 4 saturated carbocycles. The maximum atomic E-state index is 12.2. The highest BCUT2D eigenvalue weighted by molar-refractivity contribution is 6.05. The van der Waals surface area contributed by atoms with Crippen molar-refractivity contribution in [1.82, 2.24) is 10.4 Å². The molecule has 0 aromatic carbocycles. The Hall–Kier alpha value is -0.900. The van der Waals surface area contributed by atoms with E-state index in [1.54, 1.807) is 7.05 Å². The molecule has 6 atom stereocenters.